The van der Waals surface area contributed by atoms with Crippen molar-refractivity contribution in [1.82, 2.24) is 0 Å². The molecule has 0 aromatic heterocycles. The van der Waals surface area contributed by atoms with E-state index in [1.54, 1.807) is 0 Å². The van der Waals surface area contributed by atoms with Crippen LogP contribution >= 0.6 is 0 Å². The number of esters is 1. The van der Waals surface area contributed by atoms with Crippen LogP contribution in [0, 0.1) is 5.92 Å². The first-order valence-electron chi connectivity index (χ1n) is 6.55. The lowest BCUT2D eigenvalue weighted by molar-refractivity contribution is -0.150. The van der Waals surface area contributed by atoms with Crippen LogP contribution in [0.15, 0.2) is 30.3 Å². The monoisotopic (exact) mass is 264 g/mol. The number of carbonyl (C=O) groups is 2. The molecule has 0 fully saturated rings. The molecule has 1 unspecified atom stereocenters. The van der Waals surface area contributed by atoms with Crippen LogP contribution in [0.3, 0.4) is 0 Å². The van der Waals surface area contributed by atoms with Crippen LogP contribution < -0.4 is 0 Å². The molecule has 4 nitrogen and oxygen atoms in total. The Hall–Kier alpha value is -1.84. The molecule has 0 heterocycles. The molecule has 0 radical (unpaired) electrons. The molecule has 0 spiro atoms. The summed E-state index contributed by atoms with van der Waals surface area (Å²) in [5.74, 6) is -1.27. The van der Waals surface area contributed by atoms with Crippen LogP contribution in [-0.4, -0.2) is 17.0 Å². The minimum absolute atomic E-state index is 0.0997. The number of carboxylic acid groups (broad SMARTS) is 1. The lowest BCUT2D eigenvalue weighted by atomic mass is 9.99. The van der Waals surface area contributed by atoms with Crippen LogP contribution in [0.25, 0.3) is 0 Å². The van der Waals surface area contributed by atoms with Gasteiger partial charge < -0.3 is 9.84 Å². The molecule has 0 saturated heterocycles. The highest BCUT2D eigenvalue weighted by Crippen LogP contribution is 2.15. The Balaban J connectivity index is 2.35. The maximum absolute atomic E-state index is 11.9. The van der Waals surface area contributed by atoms with Gasteiger partial charge in [-0.25, -0.2) is 0 Å². The molecule has 1 aromatic rings. The zero-order chi connectivity index (χ0) is 14.1. The van der Waals surface area contributed by atoms with E-state index < -0.39 is 5.97 Å². The Morgan fingerprint density at radius 2 is 1.95 bits per heavy atom. The summed E-state index contributed by atoms with van der Waals surface area (Å²) in [5, 5.41) is 8.57. The second-order valence-electron chi connectivity index (χ2n) is 4.48. The van der Waals surface area contributed by atoms with E-state index in [1.807, 2.05) is 37.3 Å². The van der Waals surface area contributed by atoms with Crippen molar-refractivity contribution in [3.05, 3.63) is 35.9 Å². The first-order valence-corrected chi connectivity index (χ1v) is 6.55. The summed E-state index contributed by atoms with van der Waals surface area (Å²) in [6, 6.07) is 9.50. The third-order valence-electron chi connectivity index (χ3n) is 2.99. The van der Waals surface area contributed by atoms with Gasteiger partial charge in [0.25, 0.3) is 0 Å². The summed E-state index contributed by atoms with van der Waals surface area (Å²) in [5.41, 5.74) is 0.955. The molecule has 0 aliphatic heterocycles. The van der Waals surface area contributed by atoms with Gasteiger partial charge >= 0.3 is 11.9 Å². The second kappa shape index (κ2) is 8.29. The Kier molecular flexibility index (Phi) is 6.64. The number of hydrogen-bond donors (Lipinski definition) is 1. The van der Waals surface area contributed by atoms with E-state index in [2.05, 4.69) is 0 Å². The summed E-state index contributed by atoms with van der Waals surface area (Å²) in [6.45, 7) is 2.18. The predicted octanol–water partition coefficient (Wildman–Crippen LogP) is 3.01. The zero-order valence-corrected chi connectivity index (χ0v) is 11.2. The number of carbonyl (C=O) groups excluding carboxylic acids is 1. The van der Waals surface area contributed by atoms with Crippen molar-refractivity contribution in [1.29, 1.82) is 0 Å². The average Bonchev–Trinajstić information content (AvgIpc) is 2.42. The maximum atomic E-state index is 11.9. The molecular formula is C15H20O4. The number of aliphatic carboxylic acids is 1. The summed E-state index contributed by atoms with van der Waals surface area (Å²) >= 11 is 0. The van der Waals surface area contributed by atoms with Crippen molar-refractivity contribution in [2.75, 3.05) is 0 Å². The summed E-state index contributed by atoms with van der Waals surface area (Å²) in [7, 11) is 0. The van der Waals surface area contributed by atoms with E-state index in [0.29, 0.717) is 19.3 Å². The Bertz CT molecular complexity index is 400. The van der Waals surface area contributed by atoms with Crippen LogP contribution in [-0.2, 0) is 20.9 Å². The first kappa shape index (κ1) is 15.2. The minimum atomic E-state index is -0.826. The van der Waals surface area contributed by atoms with Gasteiger partial charge in [-0.1, -0.05) is 37.3 Å². The van der Waals surface area contributed by atoms with Gasteiger partial charge in [0.2, 0.25) is 0 Å². The van der Waals surface area contributed by atoms with E-state index in [1.165, 1.54) is 0 Å². The van der Waals surface area contributed by atoms with E-state index in [0.717, 1.165) is 5.56 Å². The zero-order valence-electron chi connectivity index (χ0n) is 11.2. The number of carboxylic acids is 1. The van der Waals surface area contributed by atoms with E-state index in [-0.39, 0.29) is 24.9 Å². The summed E-state index contributed by atoms with van der Waals surface area (Å²) < 4.78 is 5.25. The van der Waals surface area contributed by atoms with Crippen molar-refractivity contribution in [2.24, 2.45) is 5.92 Å². The van der Waals surface area contributed by atoms with Crippen LogP contribution in [0.1, 0.15) is 38.2 Å². The van der Waals surface area contributed by atoms with Crippen molar-refractivity contribution < 1.29 is 19.4 Å². The molecule has 19 heavy (non-hydrogen) atoms. The molecule has 0 amide bonds. The second-order valence-corrected chi connectivity index (χ2v) is 4.48. The van der Waals surface area contributed by atoms with Crippen molar-refractivity contribution >= 4 is 11.9 Å². The lowest BCUT2D eigenvalue weighted by Crippen LogP contribution is -2.17. The fourth-order valence-electron chi connectivity index (χ4n) is 1.83. The summed E-state index contributed by atoms with van der Waals surface area (Å²) in [4.78, 5) is 22.3. The van der Waals surface area contributed by atoms with Gasteiger partial charge in [-0.15, -0.1) is 0 Å². The van der Waals surface area contributed by atoms with Crippen molar-refractivity contribution in [3.8, 4) is 0 Å². The Labute approximate surface area is 113 Å². The van der Waals surface area contributed by atoms with Crippen molar-refractivity contribution in [2.45, 2.75) is 39.2 Å². The third-order valence-corrected chi connectivity index (χ3v) is 2.99. The topological polar surface area (TPSA) is 63.6 Å². The van der Waals surface area contributed by atoms with Gasteiger partial charge in [-0.2, -0.15) is 0 Å². The average molecular weight is 264 g/mol. The predicted molar refractivity (Wildman–Crippen MR) is 71.5 cm³/mol. The first-order chi connectivity index (χ1) is 9.13. The highest BCUT2D eigenvalue weighted by atomic mass is 16.5. The normalized spacial score (nSPS) is 11.8. The molecule has 1 aromatic carbocycles. The number of ether oxygens (including phenoxy) is 1. The maximum Gasteiger partial charge on any atom is 0.309 e. The van der Waals surface area contributed by atoms with Crippen LogP contribution in [0.4, 0.5) is 0 Å². The van der Waals surface area contributed by atoms with Crippen molar-refractivity contribution in [3.63, 3.8) is 0 Å². The molecule has 0 saturated carbocycles. The fourth-order valence-corrected chi connectivity index (χ4v) is 1.83. The smallest absolute Gasteiger partial charge is 0.309 e. The highest BCUT2D eigenvalue weighted by Gasteiger charge is 2.18. The molecule has 0 aliphatic rings. The molecule has 1 rings (SSSR count). The largest absolute Gasteiger partial charge is 0.481 e. The van der Waals surface area contributed by atoms with Gasteiger partial charge in [0.15, 0.2) is 0 Å². The SMILES string of the molecule is CCC(CCCC(=O)O)C(=O)OCc1ccccc1. The van der Waals surface area contributed by atoms with Gasteiger partial charge in [0.05, 0.1) is 5.92 Å². The number of benzene rings is 1. The number of hydrogen-bond acceptors (Lipinski definition) is 3. The molecule has 0 aliphatic carbocycles. The molecule has 4 heteroatoms. The van der Waals surface area contributed by atoms with Gasteiger partial charge in [0, 0.05) is 6.42 Å². The van der Waals surface area contributed by atoms with Crippen LogP contribution in [0.5, 0.6) is 0 Å². The van der Waals surface area contributed by atoms with Gasteiger partial charge in [0.1, 0.15) is 6.61 Å². The molecule has 104 valence electrons. The quantitative estimate of drug-likeness (QED) is 0.733. The Morgan fingerprint density at radius 3 is 2.53 bits per heavy atom. The molecular weight excluding hydrogens is 244 g/mol. The van der Waals surface area contributed by atoms with Gasteiger partial charge in [-0.3, -0.25) is 9.59 Å². The van der Waals surface area contributed by atoms with Crippen LogP contribution in [0.2, 0.25) is 0 Å². The Morgan fingerprint density at radius 1 is 1.26 bits per heavy atom. The van der Waals surface area contributed by atoms with Gasteiger partial charge in [-0.05, 0) is 24.8 Å². The standard InChI is InChI=1S/C15H20O4/c1-2-13(9-6-10-14(16)17)15(18)19-11-12-7-4-3-5-8-12/h3-5,7-8,13H,2,6,9-11H2,1H3,(H,16,17). The van der Waals surface area contributed by atoms with E-state index in [9.17, 15) is 9.59 Å². The molecule has 0 bridgehead atoms. The minimum Gasteiger partial charge on any atom is -0.481 e. The van der Waals surface area contributed by atoms with E-state index in [4.69, 9.17) is 9.84 Å². The lowest BCUT2D eigenvalue weighted by Gasteiger charge is -2.13. The summed E-state index contributed by atoms with van der Waals surface area (Å²) in [6.07, 6.45) is 1.85. The highest BCUT2D eigenvalue weighted by molar-refractivity contribution is 5.72. The third kappa shape index (κ3) is 6.04. The molecule has 1 N–H and O–H groups in total. The molecule has 1 atom stereocenters. The number of rotatable bonds is 8. The fraction of sp³-hybridized carbons (Fsp3) is 0.467. The van der Waals surface area contributed by atoms with E-state index >= 15 is 0 Å².